The number of methoxy groups -OCH3 is 1. The Morgan fingerprint density at radius 3 is 2.40 bits per heavy atom. The van der Waals surface area contributed by atoms with E-state index in [1.807, 2.05) is 0 Å². The molecule has 0 aliphatic heterocycles. The predicted octanol–water partition coefficient (Wildman–Crippen LogP) is 6.18. The van der Waals surface area contributed by atoms with Crippen LogP contribution in [0, 0.1) is 11.6 Å². The highest BCUT2D eigenvalue weighted by atomic mass is 35.5. The Bertz CT molecular complexity index is 1240. The number of hydrogen-bond acceptors (Lipinski definition) is 4. The summed E-state index contributed by atoms with van der Waals surface area (Å²) < 4.78 is 37.8. The van der Waals surface area contributed by atoms with Gasteiger partial charge in [0.15, 0.2) is 23.2 Å². The summed E-state index contributed by atoms with van der Waals surface area (Å²) in [7, 11) is 1.54. The summed E-state index contributed by atoms with van der Waals surface area (Å²) in [4.78, 5) is 13.3. The Kier molecular flexibility index (Phi) is 5.33. The van der Waals surface area contributed by atoms with Crippen LogP contribution in [0.25, 0.3) is 22.6 Å². The molecule has 4 rings (SSSR count). The summed E-state index contributed by atoms with van der Waals surface area (Å²) in [6.07, 6.45) is 0. The molecule has 0 unspecified atom stereocenters. The van der Waals surface area contributed by atoms with Gasteiger partial charge in [-0.3, -0.25) is 4.79 Å². The number of benzene rings is 3. The maximum absolute atomic E-state index is 13.8. The second kappa shape index (κ2) is 8.08. The van der Waals surface area contributed by atoms with Crippen LogP contribution >= 0.6 is 11.6 Å². The van der Waals surface area contributed by atoms with Gasteiger partial charge in [0.1, 0.15) is 11.4 Å². The van der Waals surface area contributed by atoms with Crippen LogP contribution in [0.2, 0.25) is 5.02 Å². The van der Waals surface area contributed by atoms with Crippen LogP contribution in [0.1, 0.15) is 15.9 Å². The maximum Gasteiger partial charge on any atom is 0.199 e. The second-order valence-electron chi connectivity index (χ2n) is 6.40. The monoisotopic (exact) mass is 425 g/mol. The predicted molar refractivity (Wildman–Crippen MR) is 109 cm³/mol. The van der Waals surface area contributed by atoms with E-state index < -0.39 is 17.4 Å². The molecule has 0 atom stereocenters. The Morgan fingerprint density at radius 1 is 1.00 bits per heavy atom. The molecule has 1 heterocycles. The molecule has 0 N–H and O–H groups in total. The van der Waals surface area contributed by atoms with E-state index in [4.69, 9.17) is 20.9 Å². The second-order valence-corrected chi connectivity index (χ2v) is 6.81. The number of hydrogen-bond donors (Lipinski definition) is 0. The van der Waals surface area contributed by atoms with Crippen molar-refractivity contribution in [3.05, 3.63) is 94.5 Å². The molecule has 0 fully saturated rings. The first-order valence-electron chi connectivity index (χ1n) is 8.88. The summed E-state index contributed by atoms with van der Waals surface area (Å²) in [5.41, 5.74) is 1.31. The van der Waals surface area contributed by atoms with Crippen LogP contribution in [0.5, 0.6) is 5.75 Å². The van der Waals surface area contributed by atoms with Crippen molar-refractivity contribution in [1.82, 2.24) is 5.16 Å². The van der Waals surface area contributed by atoms with E-state index in [-0.39, 0.29) is 22.6 Å². The molecule has 150 valence electrons. The standard InChI is InChI=1S/C23H14ClF2NO3/c1-29-15-9-6-13(7-10-15)23-20(22(28)14-8-11-18(25)19(26)12-14)21(27-30-23)16-4-2-3-5-17(16)24/h2-12H,1H3. The zero-order valence-corrected chi connectivity index (χ0v) is 16.4. The number of nitrogens with zero attached hydrogens (tertiary/aromatic N) is 1. The molecule has 0 saturated heterocycles. The van der Waals surface area contributed by atoms with E-state index >= 15 is 0 Å². The third-order valence-electron chi connectivity index (χ3n) is 4.58. The fourth-order valence-electron chi connectivity index (χ4n) is 3.06. The van der Waals surface area contributed by atoms with Gasteiger partial charge in [-0.05, 0) is 48.5 Å². The Hall–Kier alpha value is -3.51. The molecule has 0 saturated carbocycles. The average molecular weight is 426 g/mol. The minimum Gasteiger partial charge on any atom is -0.497 e. The van der Waals surface area contributed by atoms with Gasteiger partial charge in [-0.2, -0.15) is 0 Å². The van der Waals surface area contributed by atoms with E-state index in [2.05, 4.69) is 5.16 Å². The molecular formula is C23H14ClF2NO3. The van der Waals surface area contributed by atoms with Gasteiger partial charge in [-0.15, -0.1) is 0 Å². The number of ketones is 1. The zero-order chi connectivity index (χ0) is 21.3. The lowest BCUT2D eigenvalue weighted by Gasteiger charge is -2.07. The van der Waals surface area contributed by atoms with E-state index in [0.29, 0.717) is 21.9 Å². The quantitative estimate of drug-likeness (QED) is 0.358. The van der Waals surface area contributed by atoms with Gasteiger partial charge in [0.25, 0.3) is 0 Å². The van der Waals surface area contributed by atoms with Crippen LogP contribution in [0.3, 0.4) is 0 Å². The molecule has 0 bridgehead atoms. The number of aromatic nitrogens is 1. The summed E-state index contributed by atoms with van der Waals surface area (Å²) in [6.45, 7) is 0. The molecule has 3 aromatic carbocycles. The molecule has 0 aliphatic carbocycles. The van der Waals surface area contributed by atoms with Crippen molar-refractivity contribution in [2.45, 2.75) is 0 Å². The van der Waals surface area contributed by atoms with Crippen molar-refractivity contribution < 1.29 is 22.8 Å². The Labute approximate surface area is 175 Å². The van der Waals surface area contributed by atoms with Crippen LogP contribution in [-0.2, 0) is 0 Å². The molecule has 0 aliphatic rings. The van der Waals surface area contributed by atoms with E-state index in [0.717, 1.165) is 12.1 Å². The minimum atomic E-state index is -1.12. The first-order chi connectivity index (χ1) is 14.5. The summed E-state index contributed by atoms with van der Waals surface area (Å²) in [5, 5.41) is 4.44. The van der Waals surface area contributed by atoms with E-state index in [9.17, 15) is 13.6 Å². The summed E-state index contributed by atoms with van der Waals surface area (Å²) in [6, 6.07) is 16.6. The van der Waals surface area contributed by atoms with Crippen molar-refractivity contribution in [2.24, 2.45) is 0 Å². The van der Waals surface area contributed by atoms with Gasteiger partial charge in [-0.25, -0.2) is 8.78 Å². The minimum absolute atomic E-state index is 0.0415. The molecule has 0 spiro atoms. The first kappa shape index (κ1) is 19.8. The summed E-state index contributed by atoms with van der Waals surface area (Å²) in [5.74, 6) is -1.93. The van der Waals surface area contributed by atoms with Gasteiger partial charge in [0, 0.05) is 16.7 Å². The molecular weight excluding hydrogens is 412 g/mol. The van der Waals surface area contributed by atoms with Crippen molar-refractivity contribution >= 4 is 17.4 Å². The maximum atomic E-state index is 13.8. The Balaban J connectivity index is 1.92. The lowest BCUT2D eigenvalue weighted by Crippen LogP contribution is -2.05. The fourth-order valence-corrected chi connectivity index (χ4v) is 3.28. The molecule has 4 aromatic rings. The number of rotatable bonds is 5. The largest absolute Gasteiger partial charge is 0.497 e. The third kappa shape index (κ3) is 3.57. The van der Waals surface area contributed by atoms with Crippen LogP contribution in [-0.4, -0.2) is 18.0 Å². The topological polar surface area (TPSA) is 52.3 Å². The summed E-state index contributed by atoms with van der Waals surface area (Å²) >= 11 is 6.30. The van der Waals surface area contributed by atoms with Crippen LogP contribution < -0.4 is 4.74 Å². The molecule has 7 heteroatoms. The number of ether oxygens (including phenoxy) is 1. The highest BCUT2D eigenvalue weighted by molar-refractivity contribution is 6.33. The first-order valence-corrected chi connectivity index (χ1v) is 9.26. The SMILES string of the molecule is COc1ccc(-c2onc(-c3ccccc3Cl)c2C(=O)c2ccc(F)c(F)c2)cc1. The smallest absolute Gasteiger partial charge is 0.199 e. The van der Waals surface area contributed by atoms with Crippen LogP contribution in [0.15, 0.2) is 71.3 Å². The highest BCUT2D eigenvalue weighted by Gasteiger charge is 2.27. The molecule has 4 nitrogen and oxygen atoms in total. The van der Waals surface area contributed by atoms with Crippen molar-refractivity contribution in [2.75, 3.05) is 7.11 Å². The van der Waals surface area contributed by atoms with Gasteiger partial charge in [-0.1, -0.05) is 35.0 Å². The van der Waals surface area contributed by atoms with Crippen molar-refractivity contribution in [1.29, 1.82) is 0 Å². The number of halogens is 3. The fraction of sp³-hybridized carbons (Fsp3) is 0.0435. The van der Waals surface area contributed by atoms with Gasteiger partial charge >= 0.3 is 0 Å². The molecule has 30 heavy (non-hydrogen) atoms. The lowest BCUT2D eigenvalue weighted by atomic mass is 9.95. The highest BCUT2D eigenvalue weighted by Crippen LogP contribution is 2.37. The third-order valence-corrected chi connectivity index (χ3v) is 4.91. The normalized spacial score (nSPS) is 10.8. The van der Waals surface area contributed by atoms with Gasteiger partial charge in [0.05, 0.1) is 17.7 Å². The van der Waals surface area contributed by atoms with Gasteiger partial charge in [0.2, 0.25) is 0 Å². The van der Waals surface area contributed by atoms with E-state index in [1.165, 1.54) is 13.2 Å². The number of carbonyl (C=O) groups is 1. The van der Waals surface area contributed by atoms with E-state index in [1.54, 1.807) is 48.5 Å². The number of carbonyl (C=O) groups excluding carboxylic acids is 1. The lowest BCUT2D eigenvalue weighted by molar-refractivity contribution is 0.103. The zero-order valence-electron chi connectivity index (χ0n) is 15.7. The van der Waals surface area contributed by atoms with Gasteiger partial charge < -0.3 is 9.26 Å². The Morgan fingerprint density at radius 2 is 1.73 bits per heavy atom. The van der Waals surface area contributed by atoms with Crippen molar-refractivity contribution in [3.8, 4) is 28.3 Å². The van der Waals surface area contributed by atoms with Crippen LogP contribution in [0.4, 0.5) is 8.78 Å². The average Bonchev–Trinajstić information content (AvgIpc) is 3.20. The molecule has 0 amide bonds. The van der Waals surface area contributed by atoms with Crippen molar-refractivity contribution in [3.63, 3.8) is 0 Å². The molecule has 1 aromatic heterocycles. The molecule has 0 radical (unpaired) electrons.